The Hall–Kier alpha value is -2.66. The molecule has 0 aliphatic carbocycles. The molecule has 1 unspecified atom stereocenters. The van der Waals surface area contributed by atoms with Gasteiger partial charge >= 0.3 is 0 Å². The van der Waals surface area contributed by atoms with Gasteiger partial charge in [0, 0.05) is 6.04 Å². The van der Waals surface area contributed by atoms with Crippen molar-refractivity contribution in [3.05, 3.63) is 70.8 Å². The van der Waals surface area contributed by atoms with Crippen LogP contribution in [0, 0.1) is 5.41 Å². The molecule has 162 valence electrons. The number of benzene rings is 2. The summed E-state index contributed by atoms with van der Waals surface area (Å²) in [5.74, 6) is 0.0961. The van der Waals surface area contributed by atoms with E-state index in [0.29, 0.717) is 0 Å². The van der Waals surface area contributed by atoms with Crippen LogP contribution in [0.1, 0.15) is 83.7 Å². The van der Waals surface area contributed by atoms with Crippen molar-refractivity contribution in [3.63, 3.8) is 0 Å². The monoisotopic (exact) mass is 407 g/mol. The second kappa shape index (κ2) is 9.43. The maximum Gasteiger partial charge on any atom is 0.223 e. The fourth-order valence-electron chi connectivity index (χ4n) is 2.98. The molecule has 0 spiro atoms. The van der Waals surface area contributed by atoms with Crippen LogP contribution in [-0.2, 0) is 10.8 Å². The highest BCUT2D eigenvalue weighted by Gasteiger charge is 2.14. The molecule has 0 aliphatic heterocycles. The molecule has 0 bridgehead atoms. The molecule has 4 N–H and O–H groups in total. The van der Waals surface area contributed by atoms with Crippen LogP contribution in [0.2, 0.25) is 0 Å². The van der Waals surface area contributed by atoms with Crippen LogP contribution >= 0.6 is 0 Å². The van der Waals surface area contributed by atoms with Crippen molar-refractivity contribution in [2.45, 2.75) is 72.3 Å². The van der Waals surface area contributed by atoms with Crippen molar-refractivity contribution >= 4 is 11.7 Å². The van der Waals surface area contributed by atoms with Crippen LogP contribution in [0.3, 0.4) is 0 Å². The highest BCUT2D eigenvalue weighted by atomic mass is 15.5. The predicted molar refractivity (Wildman–Crippen MR) is 128 cm³/mol. The third kappa shape index (κ3) is 6.70. The minimum atomic E-state index is 0.0520. The SMILES string of the molecule is C/C(=N\NC(=N)NNC(C)c1ccc(C(C)(C)C)cc1)c1ccc(C(C)(C)C)cc1. The second-order valence-electron chi connectivity index (χ2n) is 9.87. The van der Waals surface area contributed by atoms with Crippen molar-refractivity contribution in [1.82, 2.24) is 16.3 Å². The number of hydrazine groups is 1. The van der Waals surface area contributed by atoms with Crippen molar-refractivity contribution in [3.8, 4) is 0 Å². The van der Waals surface area contributed by atoms with E-state index in [2.05, 4.69) is 118 Å². The summed E-state index contributed by atoms with van der Waals surface area (Å²) in [6, 6.07) is 17.0. The van der Waals surface area contributed by atoms with E-state index < -0.39 is 0 Å². The molecule has 0 radical (unpaired) electrons. The molecule has 5 nitrogen and oxygen atoms in total. The van der Waals surface area contributed by atoms with Gasteiger partial charge in [0.15, 0.2) is 0 Å². The second-order valence-corrected chi connectivity index (χ2v) is 9.87. The third-order valence-electron chi connectivity index (χ3n) is 5.19. The maximum absolute atomic E-state index is 8.04. The average Bonchev–Trinajstić information content (AvgIpc) is 2.69. The molecule has 5 heteroatoms. The zero-order valence-corrected chi connectivity index (χ0v) is 19.6. The van der Waals surface area contributed by atoms with Gasteiger partial charge in [-0.2, -0.15) is 5.10 Å². The third-order valence-corrected chi connectivity index (χ3v) is 5.19. The average molecular weight is 408 g/mol. The van der Waals surface area contributed by atoms with Crippen LogP contribution in [0.4, 0.5) is 0 Å². The van der Waals surface area contributed by atoms with Gasteiger partial charge in [0.25, 0.3) is 0 Å². The largest absolute Gasteiger partial charge is 0.290 e. The Morgan fingerprint density at radius 1 is 0.833 bits per heavy atom. The summed E-state index contributed by atoms with van der Waals surface area (Å²) in [7, 11) is 0. The van der Waals surface area contributed by atoms with E-state index in [1.807, 2.05) is 6.92 Å². The molecule has 0 aliphatic rings. The predicted octanol–water partition coefficient (Wildman–Crippen LogP) is 5.39. The number of rotatable bonds is 5. The number of hydrogen-bond donors (Lipinski definition) is 4. The summed E-state index contributed by atoms with van der Waals surface area (Å²) in [4.78, 5) is 0. The van der Waals surface area contributed by atoms with Crippen molar-refractivity contribution in [2.24, 2.45) is 5.10 Å². The lowest BCUT2D eigenvalue weighted by Gasteiger charge is -2.21. The maximum atomic E-state index is 8.04. The van der Waals surface area contributed by atoms with Gasteiger partial charge in [-0.25, -0.2) is 10.9 Å². The van der Waals surface area contributed by atoms with Crippen LogP contribution in [-0.4, -0.2) is 11.7 Å². The Morgan fingerprint density at radius 3 is 1.77 bits per heavy atom. The van der Waals surface area contributed by atoms with E-state index in [1.54, 1.807) is 0 Å². The van der Waals surface area contributed by atoms with Crippen molar-refractivity contribution < 1.29 is 0 Å². The Labute approximate surface area is 181 Å². The molecule has 2 aromatic carbocycles. The Bertz CT molecular complexity index is 866. The molecule has 0 amide bonds. The Balaban J connectivity index is 1.88. The summed E-state index contributed by atoms with van der Waals surface area (Å²) in [5, 5.41) is 12.4. The quantitative estimate of drug-likeness (QED) is 0.305. The zero-order valence-electron chi connectivity index (χ0n) is 19.6. The van der Waals surface area contributed by atoms with Crippen molar-refractivity contribution in [1.29, 1.82) is 5.41 Å². The number of hydrogen-bond acceptors (Lipinski definition) is 3. The van der Waals surface area contributed by atoms with Gasteiger partial charge in [-0.1, -0.05) is 90.1 Å². The molecule has 0 heterocycles. The molecule has 30 heavy (non-hydrogen) atoms. The highest BCUT2D eigenvalue weighted by Crippen LogP contribution is 2.24. The summed E-state index contributed by atoms with van der Waals surface area (Å²) in [5.41, 5.74) is 14.6. The number of guanidine groups is 1. The molecule has 0 saturated carbocycles. The van der Waals surface area contributed by atoms with E-state index in [0.717, 1.165) is 16.8 Å². The van der Waals surface area contributed by atoms with E-state index in [-0.39, 0.29) is 22.8 Å². The van der Waals surface area contributed by atoms with Crippen LogP contribution in [0.5, 0.6) is 0 Å². The van der Waals surface area contributed by atoms with Crippen LogP contribution in [0.15, 0.2) is 53.6 Å². The van der Waals surface area contributed by atoms with Crippen molar-refractivity contribution in [2.75, 3.05) is 0 Å². The molecule has 0 fully saturated rings. The summed E-state index contributed by atoms with van der Waals surface area (Å²) >= 11 is 0. The van der Waals surface area contributed by atoms with E-state index >= 15 is 0 Å². The number of nitrogens with zero attached hydrogens (tertiary/aromatic N) is 1. The lowest BCUT2D eigenvalue weighted by Crippen LogP contribution is -2.44. The van der Waals surface area contributed by atoms with E-state index in [9.17, 15) is 0 Å². The standard InChI is InChI=1S/C25H37N5/c1-17(19-9-13-21(14-10-19)24(3,4)5)27-29-23(26)30-28-18(2)20-11-15-22(16-12-20)25(6,7)8/h9-17,27H,1-8H3,(H3,26,29,30)/b28-18+. The van der Waals surface area contributed by atoms with Gasteiger partial charge in [-0.05, 0) is 46.9 Å². The fourth-order valence-corrected chi connectivity index (χ4v) is 2.98. The van der Waals surface area contributed by atoms with Gasteiger partial charge in [0.2, 0.25) is 5.96 Å². The zero-order chi connectivity index (χ0) is 22.5. The number of hydrazone groups is 1. The first-order valence-electron chi connectivity index (χ1n) is 10.5. The van der Waals surface area contributed by atoms with Gasteiger partial charge < -0.3 is 0 Å². The van der Waals surface area contributed by atoms with E-state index in [4.69, 9.17) is 5.41 Å². The minimum Gasteiger partial charge on any atom is -0.290 e. The molecule has 2 rings (SSSR count). The lowest BCUT2D eigenvalue weighted by atomic mass is 9.86. The molecule has 2 aromatic rings. The highest BCUT2D eigenvalue weighted by molar-refractivity contribution is 5.99. The van der Waals surface area contributed by atoms with Gasteiger partial charge in [0.05, 0.1) is 5.71 Å². The minimum absolute atomic E-state index is 0.0520. The molecule has 0 saturated heterocycles. The van der Waals surface area contributed by atoms with Gasteiger partial charge in [-0.3, -0.25) is 10.8 Å². The summed E-state index contributed by atoms with van der Waals surface area (Å²) in [6.07, 6.45) is 0. The van der Waals surface area contributed by atoms with Gasteiger partial charge in [0.1, 0.15) is 0 Å². The Kier molecular flexibility index (Phi) is 7.43. The first-order chi connectivity index (χ1) is 13.9. The smallest absolute Gasteiger partial charge is 0.223 e. The summed E-state index contributed by atoms with van der Waals surface area (Å²) in [6.45, 7) is 17.2. The topological polar surface area (TPSA) is 72.3 Å². The summed E-state index contributed by atoms with van der Waals surface area (Å²) < 4.78 is 0. The van der Waals surface area contributed by atoms with Gasteiger partial charge in [-0.15, -0.1) is 0 Å². The molecule has 1 atom stereocenters. The Morgan fingerprint density at radius 2 is 1.30 bits per heavy atom. The van der Waals surface area contributed by atoms with Crippen LogP contribution in [0.25, 0.3) is 0 Å². The molecular formula is C25H37N5. The lowest BCUT2D eigenvalue weighted by molar-refractivity contribution is 0.533. The number of nitrogens with one attached hydrogen (secondary N) is 4. The van der Waals surface area contributed by atoms with E-state index in [1.165, 1.54) is 11.1 Å². The molecule has 0 aromatic heterocycles. The normalized spacial score (nSPS) is 13.7. The van der Waals surface area contributed by atoms with Crippen LogP contribution < -0.4 is 16.3 Å². The first-order valence-corrected chi connectivity index (χ1v) is 10.5. The molecular weight excluding hydrogens is 370 g/mol. The first kappa shape index (κ1) is 23.6. The fraction of sp³-hybridized carbons (Fsp3) is 0.440.